The van der Waals surface area contributed by atoms with E-state index in [2.05, 4.69) is 4.98 Å². The molecule has 4 heterocycles. The van der Waals surface area contributed by atoms with Crippen LogP contribution < -0.4 is 10.3 Å². The van der Waals surface area contributed by atoms with Gasteiger partial charge in [0.2, 0.25) is 5.91 Å². The summed E-state index contributed by atoms with van der Waals surface area (Å²) in [6.45, 7) is 1.21. The van der Waals surface area contributed by atoms with Crippen LogP contribution in [0.15, 0.2) is 52.8 Å². The average molecular weight is 454 g/mol. The second-order valence-corrected chi connectivity index (χ2v) is 8.34. The summed E-state index contributed by atoms with van der Waals surface area (Å²) in [5, 5.41) is 1.94. The molecule has 1 aliphatic heterocycles. The van der Waals surface area contributed by atoms with E-state index in [4.69, 9.17) is 9.47 Å². The van der Waals surface area contributed by atoms with Gasteiger partial charge >= 0.3 is 5.97 Å². The smallest absolute Gasteiger partial charge is 0.343 e. The molecule has 0 radical (unpaired) electrons. The Morgan fingerprint density at radius 3 is 2.75 bits per heavy atom. The predicted molar refractivity (Wildman–Crippen MR) is 119 cm³/mol. The minimum Gasteiger partial charge on any atom is -0.486 e. The third kappa shape index (κ3) is 4.72. The van der Waals surface area contributed by atoms with Gasteiger partial charge in [-0.05, 0) is 23.6 Å². The first-order valence-electron chi connectivity index (χ1n) is 10.2. The lowest BCUT2D eigenvalue weighted by atomic mass is 10.1. The Balaban J connectivity index is 1.60. The monoisotopic (exact) mass is 453 g/mol. The highest BCUT2D eigenvalue weighted by Gasteiger charge is 2.27. The minimum absolute atomic E-state index is 0.000418. The Bertz CT molecular complexity index is 1160. The molecule has 0 saturated carbocycles. The fourth-order valence-corrected chi connectivity index (χ4v) is 4.44. The predicted octanol–water partition coefficient (Wildman–Crippen LogP) is 2.30. The lowest BCUT2D eigenvalue weighted by molar-refractivity contribution is -0.130. The molecule has 1 amide bonds. The first-order chi connectivity index (χ1) is 15.6. The van der Waals surface area contributed by atoms with E-state index < -0.39 is 5.97 Å². The average Bonchev–Trinajstić information content (AvgIpc) is 3.21. The molecule has 0 N–H and O–H groups in total. The summed E-state index contributed by atoms with van der Waals surface area (Å²) in [6.07, 6.45) is 2.31. The Hall–Kier alpha value is -3.46. The molecule has 0 saturated heterocycles. The summed E-state index contributed by atoms with van der Waals surface area (Å²) in [5.74, 6) is -0.417. The zero-order valence-electron chi connectivity index (χ0n) is 17.7. The Morgan fingerprint density at radius 1 is 1.16 bits per heavy atom. The van der Waals surface area contributed by atoms with Gasteiger partial charge in [-0.15, -0.1) is 11.3 Å². The lowest BCUT2D eigenvalue weighted by Gasteiger charge is -2.19. The Labute approximate surface area is 189 Å². The van der Waals surface area contributed by atoms with Crippen LogP contribution in [0.5, 0.6) is 5.75 Å². The van der Waals surface area contributed by atoms with Crippen LogP contribution in [0.3, 0.4) is 0 Å². The number of aromatic nitrogens is 2. The van der Waals surface area contributed by atoms with E-state index in [1.807, 2.05) is 23.6 Å². The number of carbonyl (C=O) groups is 2. The van der Waals surface area contributed by atoms with E-state index >= 15 is 0 Å². The molecule has 1 aliphatic rings. The summed E-state index contributed by atoms with van der Waals surface area (Å²) in [4.78, 5) is 45.2. The van der Waals surface area contributed by atoms with Gasteiger partial charge in [-0.2, -0.15) is 0 Å². The number of fused-ring (bicyclic) bond motifs is 1. The van der Waals surface area contributed by atoms with Crippen LogP contribution in [0.2, 0.25) is 0 Å². The zero-order valence-corrected chi connectivity index (χ0v) is 18.5. The molecular formula is C23H23N3O5S. The van der Waals surface area contributed by atoms with Gasteiger partial charge < -0.3 is 18.9 Å². The van der Waals surface area contributed by atoms with E-state index in [1.165, 1.54) is 29.1 Å². The molecule has 3 aromatic heterocycles. The van der Waals surface area contributed by atoms with Gasteiger partial charge in [-0.1, -0.05) is 12.1 Å². The quantitative estimate of drug-likeness (QED) is 0.532. The van der Waals surface area contributed by atoms with Gasteiger partial charge in [0.15, 0.2) is 0 Å². The van der Waals surface area contributed by atoms with Crippen LogP contribution in [-0.2, 0) is 35.5 Å². The highest BCUT2D eigenvalue weighted by atomic mass is 32.1. The molecule has 166 valence electrons. The van der Waals surface area contributed by atoms with Crippen molar-refractivity contribution in [2.75, 3.05) is 20.2 Å². The van der Waals surface area contributed by atoms with Crippen LogP contribution in [0.1, 0.15) is 26.6 Å². The highest BCUT2D eigenvalue weighted by molar-refractivity contribution is 7.10. The van der Waals surface area contributed by atoms with E-state index in [9.17, 15) is 14.4 Å². The molecule has 4 rings (SSSR count). The fraction of sp³-hybridized carbons (Fsp3) is 0.304. The number of pyridine rings is 2. The van der Waals surface area contributed by atoms with Crippen molar-refractivity contribution in [1.29, 1.82) is 0 Å². The first kappa shape index (κ1) is 21.8. The normalized spacial score (nSPS) is 13.2. The van der Waals surface area contributed by atoms with Crippen molar-refractivity contribution in [3.63, 3.8) is 0 Å². The molecule has 0 unspecified atom stereocenters. The van der Waals surface area contributed by atoms with E-state index in [-0.39, 0.29) is 29.4 Å². The molecular weight excluding hydrogens is 430 g/mol. The number of amides is 1. The number of rotatable bonds is 6. The number of ether oxygens (including phenoxy) is 2. The van der Waals surface area contributed by atoms with Gasteiger partial charge in [0.25, 0.3) is 5.56 Å². The number of thiophene rings is 1. The van der Waals surface area contributed by atoms with Crippen molar-refractivity contribution in [1.82, 2.24) is 14.5 Å². The molecule has 9 heteroatoms. The second-order valence-electron chi connectivity index (χ2n) is 7.31. The molecule has 0 fully saturated rings. The SMILES string of the molecule is COC(=O)c1c(OCc2ccccn2)cc(=O)n2c1CCN(C(=O)Cc1cccs1)CC2. The zero-order chi connectivity index (χ0) is 22.5. The van der Waals surface area contributed by atoms with E-state index in [0.29, 0.717) is 43.9 Å². The molecule has 0 spiro atoms. The summed E-state index contributed by atoms with van der Waals surface area (Å²) in [6, 6.07) is 10.6. The molecule has 0 aromatic carbocycles. The standard InChI is InChI=1S/C23H23N3O5S/c1-30-23(29)22-18-7-9-25(20(27)13-17-6-4-12-32-17)10-11-26(18)21(28)14-19(22)31-15-16-5-2-3-8-24-16/h2-6,8,12,14H,7,9-11,13,15H2,1H3. The second kappa shape index (κ2) is 9.78. The van der Waals surface area contributed by atoms with Crippen molar-refractivity contribution in [2.45, 2.75) is 26.0 Å². The van der Waals surface area contributed by atoms with E-state index in [0.717, 1.165) is 4.88 Å². The van der Waals surface area contributed by atoms with Crippen LogP contribution in [0.4, 0.5) is 0 Å². The molecule has 8 nitrogen and oxygen atoms in total. The third-order valence-electron chi connectivity index (χ3n) is 5.34. The van der Waals surface area contributed by atoms with Crippen LogP contribution >= 0.6 is 11.3 Å². The number of carbonyl (C=O) groups excluding carboxylic acids is 2. The summed E-state index contributed by atoms with van der Waals surface area (Å²) in [5.41, 5.74) is 1.13. The number of nitrogens with zero attached hydrogens (tertiary/aromatic N) is 3. The minimum atomic E-state index is -0.580. The third-order valence-corrected chi connectivity index (χ3v) is 6.22. The largest absolute Gasteiger partial charge is 0.486 e. The number of esters is 1. The Morgan fingerprint density at radius 2 is 2.03 bits per heavy atom. The van der Waals surface area contributed by atoms with Gasteiger partial charge in [0, 0.05) is 48.9 Å². The van der Waals surface area contributed by atoms with Gasteiger partial charge in [0.1, 0.15) is 17.9 Å². The van der Waals surface area contributed by atoms with Crippen molar-refractivity contribution < 1.29 is 19.1 Å². The van der Waals surface area contributed by atoms with Crippen LogP contribution in [0.25, 0.3) is 0 Å². The topological polar surface area (TPSA) is 90.7 Å². The van der Waals surface area contributed by atoms with Crippen LogP contribution in [-0.4, -0.2) is 46.5 Å². The molecule has 0 atom stereocenters. The maximum Gasteiger partial charge on any atom is 0.343 e. The maximum absolute atomic E-state index is 12.9. The Kier molecular flexibility index (Phi) is 6.65. The van der Waals surface area contributed by atoms with Crippen molar-refractivity contribution in [3.8, 4) is 5.75 Å². The fourth-order valence-electron chi connectivity index (χ4n) is 3.74. The van der Waals surface area contributed by atoms with Gasteiger partial charge in [-0.3, -0.25) is 14.6 Å². The van der Waals surface area contributed by atoms with Crippen molar-refractivity contribution in [3.05, 3.63) is 80.2 Å². The summed E-state index contributed by atoms with van der Waals surface area (Å²) < 4.78 is 12.4. The van der Waals surface area contributed by atoms with Crippen molar-refractivity contribution in [2.24, 2.45) is 0 Å². The van der Waals surface area contributed by atoms with E-state index in [1.54, 1.807) is 23.2 Å². The van der Waals surface area contributed by atoms with Crippen molar-refractivity contribution >= 4 is 23.2 Å². The number of hydrogen-bond acceptors (Lipinski definition) is 7. The first-order valence-corrected chi connectivity index (χ1v) is 11.1. The summed E-state index contributed by atoms with van der Waals surface area (Å²) in [7, 11) is 1.29. The highest BCUT2D eigenvalue weighted by Crippen LogP contribution is 2.25. The molecule has 3 aromatic rings. The molecule has 0 bridgehead atoms. The summed E-state index contributed by atoms with van der Waals surface area (Å²) >= 11 is 1.54. The van der Waals surface area contributed by atoms with Crippen LogP contribution in [0, 0.1) is 0 Å². The number of hydrogen-bond donors (Lipinski definition) is 0. The lowest BCUT2D eigenvalue weighted by Crippen LogP contribution is -2.35. The van der Waals surface area contributed by atoms with Gasteiger partial charge in [-0.25, -0.2) is 4.79 Å². The molecule has 32 heavy (non-hydrogen) atoms. The van der Waals surface area contributed by atoms with Gasteiger partial charge in [0.05, 0.1) is 19.2 Å². The molecule has 0 aliphatic carbocycles. The maximum atomic E-state index is 12.9. The number of methoxy groups -OCH3 is 1.